The molecule has 2 aromatic carbocycles. The quantitative estimate of drug-likeness (QED) is 0.0209. The molecular formula is C44H62N4O24. The normalized spacial score (nSPS) is 22.6. The maximum Gasteiger partial charge on any atom is 0.373 e. The van der Waals surface area contributed by atoms with Crippen LogP contribution in [0.1, 0.15) is 45.7 Å². The van der Waals surface area contributed by atoms with E-state index in [2.05, 4.69) is 15.5 Å². The molecule has 28 nitrogen and oxygen atoms in total. The number of aliphatic carboxylic acids is 1. The first kappa shape index (κ1) is 60.5. The van der Waals surface area contributed by atoms with Crippen LogP contribution in [0, 0.1) is 0 Å². The Bertz CT molecular complexity index is 2060. The number of carboxylic acids is 1. The van der Waals surface area contributed by atoms with Gasteiger partial charge in [-0.05, 0) is 35.4 Å². The lowest BCUT2D eigenvalue weighted by atomic mass is 9.99. The van der Waals surface area contributed by atoms with Gasteiger partial charge in [-0.1, -0.05) is 12.1 Å². The first-order valence-corrected chi connectivity index (χ1v) is 22.2. The number of carboxylic acid groups (broad SMARTS) is 1. The van der Waals surface area contributed by atoms with E-state index in [0.717, 1.165) is 0 Å². The summed E-state index contributed by atoms with van der Waals surface area (Å²) in [5.41, 5.74) is 0.740. The molecule has 2 fully saturated rings. The number of aliphatic hydroxyl groups excluding tert-OH is 6. The van der Waals surface area contributed by atoms with Gasteiger partial charge in [0.05, 0.1) is 64.0 Å². The fourth-order valence-electron chi connectivity index (χ4n) is 6.54. The molecule has 9 atom stereocenters. The van der Waals surface area contributed by atoms with Gasteiger partial charge in [0.2, 0.25) is 12.6 Å². The van der Waals surface area contributed by atoms with Gasteiger partial charge in [0.1, 0.15) is 61.3 Å². The molecular weight excluding hydrogens is 968 g/mol. The number of hydrogen-bond donors (Lipinski definition) is 10. The highest BCUT2D eigenvalue weighted by molar-refractivity contribution is 5.97. The van der Waals surface area contributed by atoms with Crippen molar-refractivity contribution in [1.29, 1.82) is 0 Å². The van der Waals surface area contributed by atoms with E-state index in [9.17, 15) is 59.7 Å². The molecule has 4 rings (SSSR count). The van der Waals surface area contributed by atoms with Crippen molar-refractivity contribution < 1.29 is 117 Å². The van der Waals surface area contributed by atoms with Crippen LogP contribution in [0.25, 0.3) is 0 Å². The average molecular weight is 1030 g/mol. The Morgan fingerprint density at radius 3 is 1.57 bits per heavy atom. The molecule has 2 aliphatic heterocycles. The SMILES string of the molecule is CC(=O)OCc1ccc(O[C@@H]2O[C@H](C(=O)O)[C@@H](O)[C@H](O)[C@H]2O)c(C(=O)NCCOCCN(CCOCCNC(=O)c2cc(COC(C)=O)ccc2O[C@@H]2OC[C@@H](O)[C@H](O)[C@H]2O)CCOCCON)c1.O=C=O. The molecule has 11 N–H and O–H groups in total. The van der Waals surface area contributed by atoms with E-state index in [0.29, 0.717) is 37.4 Å². The first-order chi connectivity index (χ1) is 34.4. The number of amides is 2. The Kier molecular flexibility index (Phi) is 27.2. The van der Waals surface area contributed by atoms with Crippen LogP contribution in [0.3, 0.4) is 0 Å². The highest BCUT2D eigenvalue weighted by Crippen LogP contribution is 2.29. The summed E-state index contributed by atoms with van der Waals surface area (Å²) >= 11 is 0. The summed E-state index contributed by atoms with van der Waals surface area (Å²) in [5.74, 6) is 0.869. The smallest absolute Gasteiger partial charge is 0.373 e. The highest BCUT2D eigenvalue weighted by Gasteiger charge is 2.48. The fourth-order valence-corrected chi connectivity index (χ4v) is 6.54. The Hall–Kier alpha value is -5.79. The number of rotatable bonds is 29. The van der Waals surface area contributed by atoms with Crippen LogP contribution in [0.5, 0.6) is 11.5 Å². The molecule has 0 aliphatic carbocycles. The summed E-state index contributed by atoms with van der Waals surface area (Å²) in [7, 11) is 0. The number of nitrogens with two attached hydrogens (primary N) is 1. The van der Waals surface area contributed by atoms with Crippen molar-refractivity contribution in [2.24, 2.45) is 5.90 Å². The number of aliphatic hydroxyl groups is 6. The molecule has 0 saturated carbocycles. The zero-order valence-electron chi connectivity index (χ0n) is 39.4. The third-order valence-electron chi connectivity index (χ3n) is 10.3. The van der Waals surface area contributed by atoms with Crippen LogP contribution in [0.15, 0.2) is 36.4 Å². The minimum absolute atomic E-state index is 0.00566. The third kappa shape index (κ3) is 20.4. The zero-order valence-corrected chi connectivity index (χ0v) is 39.4. The van der Waals surface area contributed by atoms with Crippen LogP contribution in [0.2, 0.25) is 0 Å². The van der Waals surface area contributed by atoms with Crippen molar-refractivity contribution in [3.8, 4) is 11.5 Å². The topological polar surface area (TPSA) is 407 Å². The second-order valence-electron chi connectivity index (χ2n) is 15.6. The molecule has 0 radical (unpaired) electrons. The number of nitrogens with zero attached hydrogens (tertiary/aromatic N) is 1. The van der Waals surface area contributed by atoms with Crippen molar-refractivity contribution in [1.82, 2.24) is 15.5 Å². The molecule has 2 aromatic rings. The summed E-state index contributed by atoms with van der Waals surface area (Å²) in [5, 5.41) is 75.8. The number of benzene rings is 2. The highest BCUT2D eigenvalue weighted by atomic mass is 16.7. The Balaban J connectivity index is 0.00000445. The van der Waals surface area contributed by atoms with Gasteiger partial charge < -0.3 is 93.8 Å². The van der Waals surface area contributed by atoms with Gasteiger partial charge in [0, 0.05) is 46.6 Å². The van der Waals surface area contributed by atoms with E-state index in [1.165, 1.54) is 44.2 Å². The van der Waals surface area contributed by atoms with Crippen LogP contribution < -0.4 is 26.0 Å². The van der Waals surface area contributed by atoms with Crippen LogP contribution >= 0.6 is 0 Å². The Morgan fingerprint density at radius 1 is 0.653 bits per heavy atom. The van der Waals surface area contributed by atoms with Crippen LogP contribution in [-0.4, -0.2) is 217 Å². The number of ether oxygens (including phenoxy) is 9. The molecule has 0 spiro atoms. The van der Waals surface area contributed by atoms with Gasteiger partial charge >= 0.3 is 24.1 Å². The van der Waals surface area contributed by atoms with Gasteiger partial charge in [0.15, 0.2) is 6.10 Å². The second-order valence-corrected chi connectivity index (χ2v) is 15.6. The summed E-state index contributed by atoms with van der Waals surface area (Å²) in [4.78, 5) is 84.0. The molecule has 2 saturated heterocycles. The number of esters is 2. The predicted octanol–water partition coefficient (Wildman–Crippen LogP) is -4.28. The Morgan fingerprint density at radius 2 is 1.11 bits per heavy atom. The van der Waals surface area contributed by atoms with Crippen LogP contribution in [-0.2, 0) is 75.2 Å². The van der Waals surface area contributed by atoms with Gasteiger partial charge in [-0.15, -0.1) is 0 Å². The molecule has 402 valence electrons. The molecule has 2 heterocycles. The van der Waals surface area contributed by atoms with E-state index in [4.69, 9.17) is 58.1 Å². The molecule has 0 aromatic heterocycles. The minimum Gasteiger partial charge on any atom is -0.479 e. The first-order valence-electron chi connectivity index (χ1n) is 22.2. The lowest BCUT2D eigenvalue weighted by Gasteiger charge is -2.38. The maximum absolute atomic E-state index is 13.4. The number of nitrogens with one attached hydrogen (secondary N) is 2. The van der Waals surface area contributed by atoms with Crippen molar-refractivity contribution in [2.75, 3.05) is 85.6 Å². The number of carbonyl (C=O) groups is 5. The predicted molar refractivity (Wildman–Crippen MR) is 236 cm³/mol. The van der Waals surface area contributed by atoms with Crippen molar-refractivity contribution >= 4 is 35.9 Å². The summed E-state index contributed by atoms with van der Waals surface area (Å²) in [6.45, 7) is 4.51. The van der Waals surface area contributed by atoms with E-state index in [1.807, 2.05) is 4.90 Å². The van der Waals surface area contributed by atoms with Gasteiger partial charge in [-0.2, -0.15) is 9.59 Å². The van der Waals surface area contributed by atoms with E-state index < -0.39 is 85.0 Å². The van der Waals surface area contributed by atoms with Crippen molar-refractivity contribution in [3.63, 3.8) is 0 Å². The molecule has 72 heavy (non-hydrogen) atoms. The molecule has 0 bridgehead atoms. The van der Waals surface area contributed by atoms with Gasteiger partial charge in [0.25, 0.3) is 11.8 Å². The summed E-state index contributed by atoms with van der Waals surface area (Å²) in [6, 6.07) is 8.51. The lowest BCUT2D eigenvalue weighted by molar-refractivity contribution is -0.271. The van der Waals surface area contributed by atoms with Gasteiger partial charge in [-0.25, -0.2) is 10.7 Å². The molecule has 0 unspecified atom stereocenters. The average Bonchev–Trinajstić information content (AvgIpc) is 3.35. The standard InChI is InChI=1S/C43H62N4O22.CO2/c1-24(48)63-21-26-3-5-31(67-42-36(54)33(51)30(50)23-65-42)28(19-26)39(56)45-7-12-60-14-9-47(11-16-62-17-18-66-44)10-15-61-13-8-46-40(57)29-20-27(22-64-25(2)49)4-6-32(29)68-43-37(55)34(52)35(53)38(69-43)41(58)59;2-1-3/h3-6,19-20,30,33-38,42-43,50-55H,7-18,21-23,44H2,1-2H3,(H,45,56)(H,46,57)(H,58,59);/t30-,33+,34+,35+,36-,37-,38+,42+,43-;/m1./s1. The zero-order chi connectivity index (χ0) is 53.2. The van der Waals surface area contributed by atoms with E-state index in [1.54, 1.807) is 6.07 Å². The Labute approximate surface area is 411 Å². The van der Waals surface area contributed by atoms with E-state index >= 15 is 0 Å². The summed E-state index contributed by atoms with van der Waals surface area (Å²) in [6.07, 6.45) is -15.2. The molecule has 2 aliphatic rings. The molecule has 2 amide bonds. The molecule has 28 heteroatoms. The lowest BCUT2D eigenvalue weighted by Crippen LogP contribution is -2.61. The van der Waals surface area contributed by atoms with Gasteiger partial charge in [-0.3, -0.25) is 24.1 Å². The minimum atomic E-state index is -1.96. The largest absolute Gasteiger partial charge is 0.479 e. The number of hydrogen-bond acceptors (Lipinski definition) is 25. The van der Waals surface area contributed by atoms with Crippen molar-refractivity contribution in [2.45, 2.75) is 82.4 Å². The maximum atomic E-state index is 13.4. The van der Waals surface area contributed by atoms with Crippen LogP contribution in [0.4, 0.5) is 0 Å². The fraction of sp³-hybridized carbons (Fsp3) is 0.591. The third-order valence-corrected chi connectivity index (χ3v) is 10.3. The van der Waals surface area contributed by atoms with Crippen molar-refractivity contribution in [3.05, 3.63) is 58.7 Å². The second kappa shape index (κ2) is 32.3. The number of carbonyl (C=O) groups excluding carboxylic acids is 6. The summed E-state index contributed by atoms with van der Waals surface area (Å²) < 4.78 is 49.1. The van der Waals surface area contributed by atoms with E-state index in [-0.39, 0.29) is 101 Å². The monoisotopic (exact) mass is 1030 g/mol.